The largest absolute Gasteiger partial charge is 0.373 e. The van der Waals surface area contributed by atoms with E-state index in [0.717, 1.165) is 12.8 Å². The van der Waals surface area contributed by atoms with Crippen LogP contribution in [-0.2, 0) is 15.2 Å². The minimum Gasteiger partial charge on any atom is -0.373 e. The minimum absolute atomic E-state index is 0.0575. The van der Waals surface area contributed by atoms with Gasteiger partial charge >= 0.3 is 0 Å². The molecule has 2 aliphatic rings. The van der Waals surface area contributed by atoms with E-state index in [1.807, 2.05) is 0 Å². The molecule has 6 nitrogen and oxygen atoms in total. The van der Waals surface area contributed by atoms with E-state index >= 15 is 8.78 Å². The number of benzene rings is 1. The van der Waals surface area contributed by atoms with E-state index in [9.17, 15) is 4.79 Å². The molecule has 2 atom stereocenters. The Kier molecular flexibility index (Phi) is 6.06. The van der Waals surface area contributed by atoms with Gasteiger partial charge in [-0.25, -0.2) is 8.78 Å². The highest BCUT2D eigenvalue weighted by atomic mass is 19.1. The molecule has 1 saturated heterocycles. The first-order valence-electron chi connectivity index (χ1n) is 10.7. The van der Waals surface area contributed by atoms with Crippen molar-refractivity contribution in [3.05, 3.63) is 76.8 Å². The van der Waals surface area contributed by atoms with Crippen LogP contribution in [0.25, 0.3) is 0 Å². The zero-order valence-electron chi connectivity index (χ0n) is 18.1. The van der Waals surface area contributed by atoms with Gasteiger partial charge < -0.3 is 15.8 Å². The summed E-state index contributed by atoms with van der Waals surface area (Å²) in [6.07, 6.45) is 5.31. The van der Waals surface area contributed by atoms with Crippen LogP contribution in [0.2, 0.25) is 0 Å². The van der Waals surface area contributed by atoms with Crippen molar-refractivity contribution >= 4 is 11.6 Å². The van der Waals surface area contributed by atoms with E-state index in [1.54, 1.807) is 38.4 Å². The standard InChI is InChI=1S/C24H26F2N4O2/c1-14(2)24(20-16(25)8-5-9-17(20)26)29-21(15-7-6-11-28-13-15)19(22(30-24)23(27)31)18-10-3-4-12-32-18/h5-9,11,13-14,18,30H,3-4,10,12H2,1-2H3,(H2,27,31). The van der Waals surface area contributed by atoms with Gasteiger partial charge in [0.2, 0.25) is 0 Å². The number of carbonyl (C=O) groups excluding carboxylic acids is 1. The number of nitrogens with zero attached hydrogens (tertiary/aromatic N) is 2. The molecule has 3 N–H and O–H groups in total. The van der Waals surface area contributed by atoms with Crippen molar-refractivity contribution in [1.29, 1.82) is 0 Å². The SMILES string of the molecule is CC(C)C1(c2c(F)cccc2F)N=C(c2cccnc2)C(C2CCCCO2)=C(C(N)=O)N1. The highest BCUT2D eigenvalue weighted by Crippen LogP contribution is 2.41. The lowest BCUT2D eigenvalue weighted by Gasteiger charge is -2.42. The molecule has 1 aromatic carbocycles. The Labute approximate surface area is 185 Å². The Balaban J connectivity index is 2.02. The Morgan fingerprint density at radius 2 is 1.97 bits per heavy atom. The molecule has 0 aliphatic carbocycles. The van der Waals surface area contributed by atoms with E-state index in [2.05, 4.69) is 10.3 Å². The van der Waals surface area contributed by atoms with Gasteiger partial charge in [0, 0.05) is 36.1 Å². The van der Waals surface area contributed by atoms with Gasteiger partial charge in [-0.2, -0.15) is 0 Å². The number of hydrogen-bond acceptors (Lipinski definition) is 5. The molecule has 2 aromatic rings. The number of ether oxygens (including phenoxy) is 1. The molecule has 0 radical (unpaired) electrons. The van der Waals surface area contributed by atoms with Gasteiger partial charge in [0.15, 0.2) is 5.66 Å². The highest BCUT2D eigenvalue weighted by Gasteiger charge is 2.46. The lowest BCUT2D eigenvalue weighted by Crippen LogP contribution is -2.53. The Hall–Kier alpha value is -3.13. The Morgan fingerprint density at radius 3 is 2.53 bits per heavy atom. The van der Waals surface area contributed by atoms with Crippen molar-refractivity contribution in [1.82, 2.24) is 10.3 Å². The fourth-order valence-corrected chi connectivity index (χ4v) is 4.38. The normalized spacial score (nSPS) is 23.7. The summed E-state index contributed by atoms with van der Waals surface area (Å²) >= 11 is 0. The molecule has 3 heterocycles. The van der Waals surface area contributed by atoms with Crippen LogP contribution in [0.1, 0.15) is 44.2 Å². The summed E-state index contributed by atoms with van der Waals surface area (Å²) in [7, 11) is 0. The molecule has 0 bridgehead atoms. The van der Waals surface area contributed by atoms with Gasteiger partial charge in [-0.15, -0.1) is 0 Å². The van der Waals surface area contributed by atoms with Crippen LogP contribution in [0.3, 0.4) is 0 Å². The molecule has 1 amide bonds. The second-order valence-corrected chi connectivity index (χ2v) is 8.35. The molecule has 0 saturated carbocycles. The molecule has 2 aliphatic heterocycles. The van der Waals surface area contributed by atoms with Crippen molar-refractivity contribution < 1.29 is 18.3 Å². The summed E-state index contributed by atoms with van der Waals surface area (Å²) in [6.45, 7) is 4.10. The number of carbonyl (C=O) groups is 1. The maximum Gasteiger partial charge on any atom is 0.265 e. The smallest absolute Gasteiger partial charge is 0.265 e. The number of primary amides is 1. The molecular weight excluding hydrogens is 414 g/mol. The van der Waals surface area contributed by atoms with E-state index in [-0.39, 0.29) is 11.3 Å². The molecule has 0 spiro atoms. The highest BCUT2D eigenvalue weighted by molar-refractivity contribution is 6.17. The summed E-state index contributed by atoms with van der Waals surface area (Å²) in [5, 5.41) is 3.05. The van der Waals surface area contributed by atoms with E-state index in [0.29, 0.717) is 29.9 Å². The first kappa shape index (κ1) is 22.1. The molecule has 2 unspecified atom stereocenters. The monoisotopic (exact) mass is 440 g/mol. The zero-order chi connectivity index (χ0) is 22.9. The molecular formula is C24H26F2N4O2. The van der Waals surface area contributed by atoms with Gasteiger partial charge in [0.05, 0.1) is 17.4 Å². The van der Waals surface area contributed by atoms with Crippen LogP contribution in [0, 0.1) is 17.6 Å². The molecule has 1 aromatic heterocycles. The van der Waals surface area contributed by atoms with Gasteiger partial charge in [0.25, 0.3) is 5.91 Å². The van der Waals surface area contributed by atoms with E-state index in [1.165, 1.54) is 18.2 Å². The third kappa shape index (κ3) is 3.79. The summed E-state index contributed by atoms with van der Waals surface area (Å²) < 4.78 is 36.0. The van der Waals surface area contributed by atoms with Crippen molar-refractivity contribution in [3.8, 4) is 0 Å². The predicted octanol–water partition coefficient (Wildman–Crippen LogP) is 3.57. The van der Waals surface area contributed by atoms with Crippen LogP contribution >= 0.6 is 0 Å². The second kappa shape index (κ2) is 8.78. The number of hydrogen-bond donors (Lipinski definition) is 2. The summed E-state index contributed by atoms with van der Waals surface area (Å²) in [5.74, 6) is -2.71. The van der Waals surface area contributed by atoms with Crippen molar-refractivity contribution in [2.75, 3.05) is 6.61 Å². The number of halogens is 2. The quantitative estimate of drug-likeness (QED) is 0.744. The maximum atomic E-state index is 15.0. The van der Waals surface area contributed by atoms with Gasteiger partial charge in [0.1, 0.15) is 17.3 Å². The third-order valence-corrected chi connectivity index (χ3v) is 5.99. The zero-order valence-corrected chi connectivity index (χ0v) is 18.1. The number of amides is 1. The molecule has 1 fully saturated rings. The van der Waals surface area contributed by atoms with Gasteiger partial charge in [-0.3, -0.25) is 14.8 Å². The van der Waals surface area contributed by atoms with Crippen LogP contribution in [0.15, 0.2) is 59.0 Å². The number of pyridine rings is 1. The number of aliphatic imine (C=N–C) groups is 1. The Bertz CT molecular complexity index is 1060. The van der Waals surface area contributed by atoms with E-state index < -0.39 is 35.2 Å². The number of aromatic nitrogens is 1. The molecule has 4 rings (SSSR count). The number of nitrogens with two attached hydrogens (primary N) is 1. The number of rotatable bonds is 5. The predicted molar refractivity (Wildman–Crippen MR) is 117 cm³/mol. The van der Waals surface area contributed by atoms with Gasteiger partial charge in [-0.1, -0.05) is 19.9 Å². The van der Waals surface area contributed by atoms with Crippen molar-refractivity contribution in [2.24, 2.45) is 16.6 Å². The first-order valence-corrected chi connectivity index (χ1v) is 10.7. The number of nitrogens with one attached hydrogen (secondary N) is 1. The summed E-state index contributed by atoms with van der Waals surface area (Å²) in [6, 6.07) is 7.18. The summed E-state index contributed by atoms with van der Waals surface area (Å²) in [4.78, 5) is 21.8. The van der Waals surface area contributed by atoms with Crippen molar-refractivity contribution in [2.45, 2.75) is 44.9 Å². The molecule has 168 valence electrons. The second-order valence-electron chi connectivity index (χ2n) is 8.35. The maximum absolute atomic E-state index is 15.0. The Morgan fingerprint density at radius 1 is 1.22 bits per heavy atom. The lowest BCUT2D eigenvalue weighted by molar-refractivity contribution is -0.115. The van der Waals surface area contributed by atoms with Crippen molar-refractivity contribution in [3.63, 3.8) is 0 Å². The molecule has 8 heteroatoms. The van der Waals surface area contributed by atoms with Crippen LogP contribution in [-0.4, -0.2) is 29.3 Å². The average molecular weight is 440 g/mol. The first-order chi connectivity index (χ1) is 15.3. The van der Waals surface area contributed by atoms with Crippen LogP contribution < -0.4 is 11.1 Å². The fraction of sp³-hybridized carbons (Fsp3) is 0.375. The van der Waals surface area contributed by atoms with Gasteiger partial charge in [-0.05, 0) is 43.5 Å². The lowest BCUT2D eigenvalue weighted by atomic mass is 9.82. The van der Waals surface area contributed by atoms with E-state index in [4.69, 9.17) is 15.5 Å². The minimum atomic E-state index is -1.59. The molecule has 32 heavy (non-hydrogen) atoms. The topological polar surface area (TPSA) is 89.6 Å². The van der Waals surface area contributed by atoms with Crippen LogP contribution in [0.4, 0.5) is 8.78 Å². The fourth-order valence-electron chi connectivity index (χ4n) is 4.38. The third-order valence-electron chi connectivity index (χ3n) is 5.99. The average Bonchev–Trinajstić information content (AvgIpc) is 2.79. The summed E-state index contributed by atoms with van der Waals surface area (Å²) in [5.41, 5.74) is 5.51. The van der Waals surface area contributed by atoms with Crippen LogP contribution in [0.5, 0.6) is 0 Å².